The van der Waals surface area contributed by atoms with Crippen LogP contribution in [0.25, 0.3) is 0 Å². The molecule has 0 aliphatic carbocycles. The summed E-state index contributed by atoms with van der Waals surface area (Å²) in [6.07, 6.45) is 0. The third-order valence-corrected chi connectivity index (χ3v) is 1.60. The zero-order chi connectivity index (χ0) is 11.8. The number of carbonyl (C=O) groups excluding carboxylic acids is 2. The smallest absolute Gasteiger partial charge is 0.325 e. The Labute approximate surface area is 87.6 Å². The second-order valence-corrected chi connectivity index (χ2v) is 2.80. The van der Waals surface area contributed by atoms with Crippen LogP contribution in [0.2, 0.25) is 0 Å². The third kappa shape index (κ3) is 5.31. The number of hydrogen-bond acceptors (Lipinski definition) is 7. The van der Waals surface area contributed by atoms with E-state index in [9.17, 15) is 9.59 Å². The van der Waals surface area contributed by atoms with Crippen LogP contribution < -0.4 is 11.5 Å². The van der Waals surface area contributed by atoms with E-state index in [-0.39, 0.29) is 13.2 Å². The van der Waals surface area contributed by atoms with Gasteiger partial charge in [-0.15, -0.1) is 0 Å². The van der Waals surface area contributed by atoms with Gasteiger partial charge in [-0.3, -0.25) is 9.59 Å². The Bertz CT molecular complexity index is 199. The molecule has 0 rings (SSSR count). The summed E-state index contributed by atoms with van der Waals surface area (Å²) in [5.41, 5.74) is 10.7. The van der Waals surface area contributed by atoms with Crippen molar-refractivity contribution in [1.29, 1.82) is 0 Å². The third-order valence-electron chi connectivity index (χ3n) is 1.60. The monoisotopic (exact) mass is 220 g/mol. The van der Waals surface area contributed by atoms with Gasteiger partial charge in [0.05, 0.1) is 27.4 Å². The van der Waals surface area contributed by atoms with Crippen LogP contribution in [0.3, 0.4) is 0 Å². The molecule has 0 radical (unpaired) electrons. The van der Waals surface area contributed by atoms with Crippen molar-refractivity contribution in [2.45, 2.75) is 12.1 Å². The van der Waals surface area contributed by atoms with E-state index in [2.05, 4.69) is 9.47 Å². The van der Waals surface area contributed by atoms with Crippen molar-refractivity contribution in [2.75, 3.05) is 27.4 Å². The molecule has 0 aliphatic heterocycles. The van der Waals surface area contributed by atoms with E-state index >= 15 is 0 Å². The SMILES string of the molecule is COC(=O)[C@@H](N)COC[C@H](N)C(=O)OC. The Morgan fingerprint density at radius 3 is 1.60 bits per heavy atom. The van der Waals surface area contributed by atoms with Gasteiger partial charge in [0.2, 0.25) is 0 Å². The molecule has 0 fully saturated rings. The quantitative estimate of drug-likeness (QED) is 0.498. The van der Waals surface area contributed by atoms with Crippen molar-refractivity contribution in [1.82, 2.24) is 0 Å². The van der Waals surface area contributed by atoms with Crippen molar-refractivity contribution in [3.8, 4) is 0 Å². The van der Waals surface area contributed by atoms with Gasteiger partial charge in [0.25, 0.3) is 0 Å². The van der Waals surface area contributed by atoms with Gasteiger partial charge in [-0.25, -0.2) is 0 Å². The first-order valence-corrected chi connectivity index (χ1v) is 4.27. The van der Waals surface area contributed by atoms with Crippen molar-refractivity contribution in [3.05, 3.63) is 0 Å². The second kappa shape index (κ2) is 7.16. The van der Waals surface area contributed by atoms with Crippen LogP contribution in [-0.4, -0.2) is 51.5 Å². The molecule has 0 saturated carbocycles. The Morgan fingerprint density at radius 2 is 1.33 bits per heavy atom. The molecule has 4 N–H and O–H groups in total. The molecule has 0 aromatic carbocycles. The summed E-state index contributed by atoms with van der Waals surface area (Å²) < 4.78 is 13.7. The van der Waals surface area contributed by atoms with Crippen LogP contribution >= 0.6 is 0 Å². The van der Waals surface area contributed by atoms with E-state index in [0.717, 1.165) is 0 Å². The van der Waals surface area contributed by atoms with Crippen LogP contribution in [0.4, 0.5) is 0 Å². The predicted molar refractivity (Wildman–Crippen MR) is 50.8 cm³/mol. The van der Waals surface area contributed by atoms with Gasteiger partial charge in [-0.1, -0.05) is 0 Å². The molecule has 15 heavy (non-hydrogen) atoms. The molecule has 0 bridgehead atoms. The van der Waals surface area contributed by atoms with E-state index in [1.807, 2.05) is 0 Å². The molecule has 0 aliphatic rings. The molecule has 0 aromatic rings. The first-order chi connectivity index (χ1) is 7.02. The summed E-state index contributed by atoms with van der Waals surface area (Å²) >= 11 is 0. The normalized spacial score (nSPS) is 14.1. The molecule has 2 atom stereocenters. The molecule has 0 saturated heterocycles. The first-order valence-electron chi connectivity index (χ1n) is 4.27. The molecule has 0 unspecified atom stereocenters. The fraction of sp³-hybridized carbons (Fsp3) is 0.750. The molecule has 7 heteroatoms. The summed E-state index contributed by atoms with van der Waals surface area (Å²) in [6.45, 7) is -0.116. The van der Waals surface area contributed by atoms with Crippen LogP contribution in [0.15, 0.2) is 0 Å². The topological polar surface area (TPSA) is 114 Å². The minimum absolute atomic E-state index is 0.0582. The Morgan fingerprint density at radius 1 is 1.00 bits per heavy atom. The number of carbonyl (C=O) groups is 2. The highest BCUT2D eigenvalue weighted by Crippen LogP contribution is 1.89. The highest BCUT2D eigenvalue weighted by atomic mass is 16.5. The fourth-order valence-corrected chi connectivity index (χ4v) is 0.761. The maximum atomic E-state index is 10.8. The highest BCUT2D eigenvalue weighted by Gasteiger charge is 2.17. The second-order valence-electron chi connectivity index (χ2n) is 2.80. The van der Waals surface area contributed by atoms with E-state index in [4.69, 9.17) is 16.2 Å². The van der Waals surface area contributed by atoms with Gasteiger partial charge in [0.1, 0.15) is 12.1 Å². The Hall–Kier alpha value is -1.18. The summed E-state index contributed by atoms with van der Waals surface area (Å²) in [5.74, 6) is -1.16. The van der Waals surface area contributed by atoms with Crippen molar-refractivity contribution >= 4 is 11.9 Å². The number of methoxy groups -OCH3 is 2. The van der Waals surface area contributed by atoms with E-state index in [1.54, 1.807) is 0 Å². The van der Waals surface area contributed by atoms with Crippen LogP contribution in [-0.2, 0) is 23.8 Å². The van der Waals surface area contributed by atoms with E-state index in [0.29, 0.717) is 0 Å². The zero-order valence-corrected chi connectivity index (χ0v) is 8.76. The van der Waals surface area contributed by atoms with E-state index < -0.39 is 24.0 Å². The average Bonchev–Trinajstić information content (AvgIpc) is 2.26. The van der Waals surface area contributed by atoms with Crippen molar-refractivity contribution < 1.29 is 23.8 Å². The van der Waals surface area contributed by atoms with Crippen molar-refractivity contribution in [3.63, 3.8) is 0 Å². The minimum atomic E-state index is -0.875. The average molecular weight is 220 g/mol. The lowest BCUT2D eigenvalue weighted by Crippen LogP contribution is -2.40. The maximum Gasteiger partial charge on any atom is 0.325 e. The summed E-state index contributed by atoms with van der Waals surface area (Å²) in [4.78, 5) is 21.7. The lowest BCUT2D eigenvalue weighted by atomic mass is 10.3. The molecular formula is C8H16N2O5. The van der Waals surface area contributed by atoms with Crippen LogP contribution in [0.1, 0.15) is 0 Å². The molecule has 0 heterocycles. The molecule has 0 spiro atoms. The summed E-state index contributed by atoms with van der Waals surface area (Å²) in [6, 6.07) is -1.75. The van der Waals surface area contributed by atoms with Gasteiger partial charge >= 0.3 is 11.9 Å². The van der Waals surface area contributed by atoms with Crippen LogP contribution in [0, 0.1) is 0 Å². The fourth-order valence-electron chi connectivity index (χ4n) is 0.761. The first kappa shape index (κ1) is 13.8. The summed E-state index contributed by atoms with van der Waals surface area (Å²) in [5, 5.41) is 0. The number of esters is 2. The van der Waals surface area contributed by atoms with Gasteiger partial charge in [-0.2, -0.15) is 0 Å². The largest absolute Gasteiger partial charge is 0.468 e. The highest BCUT2D eigenvalue weighted by molar-refractivity contribution is 5.76. The molecule has 0 aromatic heterocycles. The van der Waals surface area contributed by atoms with Gasteiger partial charge < -0.3 is 25.7 Å². The molecule has 0 amide bonds. The number of rotatable bonds is 6. The lowest BCUT2D eigenvalue weighted by molar-refractivity contribution is -0.145. The minimum Gasteiger partial charge on any atom is -0.468 e. The summed E-state index contributed by atoms with van der Waals surface area (Å²) in [7, 11) is 2.45. The lowest BCUT2D eigenvalue weighted by Gasteiger charge is -2.12. The Balaban J connectivity index is 3.70. The molecule has 88 valence electrons. The Kier molecular flexibility index (Phi) is 6.59. The number of nitrogens with two attached hydrogens (primary N) is 2. The molecular weight excluding hydrogens is 204 g/mol. The van der Waals surface area contributed by atoms with Gasteiger partial charge in [0.15, 0.2) is 0 Å². The standard InChI is InChI=1S/C8H16N2O5/c1-13-7(11)5(9)3-15-4-6(10)8(12)14-2/h5-6H,3-4,9-10H2,1-2H3/t5-,6-/m0/s1. The predicted octanol–water partition coefficient (Wildman–Crippen LogP) is -2.00. The number of hydrogen-bond donors (Lipinski definition) is 2. The van der Waals surface area contributed by atoms with Crippen molar-refractivity contribution in [2.24, 2.45) is 11.5 Å². The molecule has 7 nitrogen and oxygen atoms in total. The number of ether oxygens (including phenoxy) is 3. The zero-order valence-electron chi connectivity index (χ0n) is 8.76. The maximum absolute atomic E-state index is 10.8. The van der Waals surface area contributed by atoms with Crippen LogP contribution in [0.5, 0.6) is 0 Å². The van der Waals surface area contributed by atoms with E-state index in [1.165, 1.54) is 14.2 Å². The van der Waals surface area contributed by atoms with Gasteiger partial charge in [-0.05, 0) is 0 Å². The van der Waals surface area contributed by atoms with Gasteiger partial charge in [0, 0.05) is 0 Å².